The van der Waals surface area contributed by atoms with Crippen LogP contribution in [0.25, 0.3) is 11.3 Å². The molecule has 1 aliphatic heterocycles. The largest absolute Gasteiger partial charge is 0.325 e. The highest BCUT2D eigenvalue weighted by Gasteiger charge is 2.21. The van der Waals surface area contributed by atoms with Crippen molar-refractivity contribution in [2.24, 2.45) is 0 Å². The molecule has 0 saturated heterocycles. The molecular weight excluding hydrogens is 498 g/mol. The molecule has 0 spiro atoms. The Morgan fingerprint density at radius 1 is 1.00 bits per heavy atom. The third-order valence-electron chi connectivity index (χ3n) is 5.70. The first-order valence-corrected chi connectivity index (χ1v) is 13.1. The van der Waals surface area contributed by atoms with Crippen molar-refractivity contribution in [2.75, 3.05) is 17.2 Å². The number of anilines is 3. The van der Waals surface area contributed by atoms with E-state index in [-0.39, 0.29) is 17.2 Å². The van der Waals surface area contributed by atoms with Gasteiger partial charge in [-0.2, -0.15) is 0 Å². The van der Waals surface area contributed by atoms with E-state index in [4.69, 9.17) is 11.6 Å². The number of rotatable bonds is 7. The summed E-state index contributed by atoms with van der Waals surface area (Å²) in [7, 11) is -3.64. The summed E-state index contributed by atoms with van der Waals surface area (Å²) in [5, 5.41) is 6.46. The quantitative estimate of drug-likeness (QED) is 0.330. The molecule has 0 unspecified atom stereocenters. The maximum Gasteiger partial charge on any atom is 0.240 e. The van der Waals surface area contributed by atoms with Gasteiger partial charge in [0.25, 0.3) is 0 Å². The second-order valence-corrected chi connectivity index (χ2v) is 10.5. The van der Waals surface area contributed by atoms with E-state index in [0.717, 1.165) is 11.1 Å². The van der Waals surface area contributed by atoms with Crippen LogP contribution in [-0.2, 0) is 27.7 Å². The van der Waals surface area contributed by atoms with Gasteiger partial charge in [-0.15, -0.1) is 0 Å². The normalized spacial score (nSPS) is 12.8. The summed E-state index contributed by atoms with van der Waals surface area (Å²) in [4.78, 5) is 21.4. The Morgan fingerprint density at radius 3 is 2.56 bits per heavy atom. The molecule has 0 radical (unpaired) electrons. The SMILES string of the molecule is O=C1Cc2cnc(Nc3ccc(S(=O)(=O)NCCc4ccccc4)cc3)nc2-c2ccc(Cl)cc2N1. The molecule has 4 aromatic rings. The van der Waals surface area contributed by atoms with E-state index in [0.29, 0.717) is 46.6 Å². The predicted molar refractivity (Wildman–Crippen MR) is 140 cm³/mol. The molecule has 0 bridgehead atoms. The van der Waals surface area contributed by atoms with E-state index in [2.05, 4.69) is 25.3 Å². The van der Waals surface area contributed by atoms with Gasteiger partial charge in [0.2, 0.25) is 21.9 Å². The van der Waals surface area contributed by atoms with Crippen molar-refractivity contribution in [3.05, 3.63) is 95.1 Å². The van der Waals surface area contributed by atoms with Crippen LogP contribution >= 0.6 is 11.6 Å². The number of carbonyl (C=O) groups excluding carboxylic acids is 1. The minimum Gasteiger partial charge on any atom is -0.325 e. The Kier molecular flexibility index (Phi) is 6.69. The van der Waals surface area contributed by atoms with Crippen LogP contribution in [0.2, 0.25) is 5.02 Å². The minimum absolute atomic E-state index is 0.145. The lowest BCUT2D eigenvalue weighted by Gasteiger charge is -2.11. The smallest absolute Gasteiger partial charge is 0.240 e. The molecule has 182 valence electrons. The average molecular weight is 520 g/mol. The van der Waals surface area contributed by atoms with Gasteiger partial charge in [-0.1, -0.05) is 41.9 Å². The number of aromatic nitrogens is 2. The fourth-order valence-electron chi connectivity index (χ4n) is 3.93. The predicted octanol–water partition coefficient (Wildman–Crippen LogP) is 4.56. The molecule has 1 aliphatic rings. The lowest BCUT2D eigenvalue weighted by molar-refractivity contribution is -0.115. The molecule has 5 rings (SSSR count). The number of benzene rings is 3. The molecule has 1 amide bonds. The topological polar surface area (TPSA) is 113 Å². The zero-order valence-corrected chi connectivity index (χ0v) is 20.6. The number of amides is 1. The van der Waals surface area contributed by atoms with Gasteiger partial charge in [0.15, 0.2) is 0 Å². The van der Waals surface area contributed by atoms with Crippen LogP contribution in [0.5, 0.6) is 0 Å². The van der Waals surface area contributed by atoms with Crippen molar-refractivity contribution in [3.8, 4) is 11.3 Å². The molecule has 3 N–H and O–H groups in total. The molecule has 0 atom stereocenters. The average Bonchev–Trinajstić information content (AvgIpc) is 2.99. The first-order chi connectivity index (χ1) is 17.4. The second kappa shape index (κ2) is 10.1. The molecule has 0 aliphatic carbocycles. The fraction of sp³-hybridized carbons (Fsp3) is 0.115. The number of nitrogens with one attached hydrogen (secondary N) is 3. The lowest BCUT2D eigenvalue weighted by atomic mass is 10.1. The number of fused-ring (bicyclic) bond motifs is 3. The van der Waals surface area contributed by atoms with Crippen molar-refractivity contribution < 1.29 is 13.2 Å². The van der Waals surface area contributed by atoms with Gasteiger partial charge in [0, 0.05) is 34.6 Å². The molecule has 8 nitrogen and oxygen atoms in total. The maximum absolute atomic E-state index is 12.7. The zero-order valence-electron chi connectivity index (χ0n) is 19.0. The van der Waals surface area contributed by atoms with Crippen molar-refractivity contribution in [1.82, 2.24) is 14.7 Å². The van der Waals surface area contributed by atoms with Gasteiger partial charge in [0.1, 0.15) is 0 Å². The van der Waals surface area contributed by atoms with E-state index in [1.54, 1.807) is 30.5 Å². The monoisotopic (exact) mass is 519 g/mol. The summed E-state index contributed by atoms with van der Waals surface area (Å²) in [5.74, 6) is 0.149. The summed E-state index contributed by atoms with van der Waals surface area (Å²) in [6, 6.07) is 21.3. The summed E-state index contributed by atoms with van der Waals surface area (Å²) in [6.45, 7) is 0.305. The van der Waals surface area contributed by atoms with Crippen LogP contribution in [0.15, 0.2) is 83.9 Å². The minimum atomic E-state index is -3.64. The van der Waals surface area contributed by atoms with E-state index in [1.165, 1.54) is 12.1 Å². The van der Waals surface area contributed by atoms with Gasteiger partial charge in [-0.25, -0.2) is 23.1 Å². The molecule has 1 aromatic heterocycles. The molecule has 36 heavy (non-hydrogen) atoms. The van der Waals surface area contributed by atoms with Gasteiger partial charge < -0.3 is 10.6 Å². The van der Waals surface area contributed by atoms with Gasteiger partial charge in [0.05, 0.1) is 22.7 Å². The van der Waals surface area contributed by atoms with E-state index in [1.807, 2.05) is 36.4 Å². The van der Waals surface area contributed by atoms with E-state index < -0.39 is 10.0 Å². The highest BCUT2D eigenvalue weighted by Crippen LogP contribution is 2.34. The zero-order chi connectivity index (χ0) is 25.1. The number of hydrogen-bond donors (Lipinski definition) is 3. The van der Waals surface area contributed by atoms with Crippen LogP contribution in [0, 0.1) is 0 Å². The highest BCUT2D eigenvalue weighted by atomic mass is 35.5. The van der Waals surface area contributed by atoms with Crippen molar-refractivity contribution in [3.63, 3.8) is 0 Å². The number of nitrogens with zero attached hydrogens (tertiary/aromatic N) is 2. The van der Waals surface area contributed by atoms with E-state index in [9.17, 15) is 13.2 Å². The van der Waals surface area contributed by atoms with Crippen LogP contribution in [0.1, 0.15) is 11.1 Å². The summed E-state index contributed by atoms with van der Waals surface area (Å²) in [5.41, 5.74) is 4.34. The Labute approximate surface area is 213 Å². The molecule has 0 fully saturated rings. The van der Waals surface area contributed by atoms with Gasteiger partial charge >= 0.3 is 0 Å². The third kappa shape index (κ3) is 5.38. The standard InChI is InChI=1S/C26H22ClN5O3S/c27-19-6-11-22-23(15-19)31-24(33)14-18-16-28-26(32-25(18)22)30-20-7-9-21(10-8-20)36(34,35)29-13-12-17-4-2-1-3-5-17/h1-11,15-16,29H,12-14H2,(H,31,33)(H,28,30,32). The van der Waals surface area contributed by atoms with Gasteiger partial charge in [-0.3, -0.25) is 4.79 Å². The van der Waals surface area contributed by atoms with Crippen LogP contribution in [-0.4, -0.2) is 30.8 Å². The number of sulfonamides is 1. The Balaban J connectivity index is 1.31. The van der Waals surface area contributed by atoms with Crippen molar-refractivity contribution in [1.29, 1.82) is 0 Å². The van der Waals surface area contributed by atoms with Crippen molar-refractivity contribution >= 4 is 44.9 Å². The van der Waals surface area contributed by atoms with Crippen LogP contribution in [0.3, 0.4) is 0 Å². The van der Waals surface area contributed by atoms with Crippen LogP contribution in [0.4, 0.5) is 17.3 Å². The Hall–Kier alpha value is -3.79. The number of hydrogen-bond acceptors (Lipinski definition) is 6. The molecule has 10 heteroatoms. The molecule has 3 aromatic carbocycles. The molecule has 2 heterocycles. The fourth-order valence-corrected chi connectivity index (χ4v) is 5.13. The van der Waals surface area contributed by atoms with Gasteiger partial charge in [-0.05, 0) is 54.4 Å². The first-order valence-electron chi connectivity index (χ1n) is 11.2. The number of carbonyl (C=O) groups is 1. The Morgan fingerprint density at radius 2 is 1.78 bits per heavy atom. The summed E-state index contributed by atoms with van der Waals surface area (Å²) < 4.78 is 27.9. The Bertz CT molecular complexity index is 1530. The summed E-state index contributed by atoms with van der Waals surface area (Å²) in [6.07, 6.45) is 2.36. The lowest BCUT2D eigenvalue weighted by Crippen LogP contribution is -2.25. The van der Waals surface area contributed by atoms with Crippen LogP contribution < -0.4 is 15.4 Å². The molecule has 0 saturated carbocycles. The van der Waals surface area contributed by atoms with Crippen molar-refractivity contribution in [2.45, 2.75) is 17.7 Å². The maximum atomic E-state index is 12.7. The number of halogens is 1. The van der Waals surface area contributed by atoms with E-state index >= 15 is 0 Å². The third-order valence-corrected chi connectivity index (χ3v) is 7.41. The first kappa shape index (κ1) is 23.9. The highest BCUT2D eigenvalue weighted by molar-refractivity contribution is 7.89. The molecular formula is C26H22ClN5O3S. The second-order valence-electron chi connectivity index (χ2n) is 8.27. The summed E-state index contributed by atoms with van der Waals surface area (Å²) >= 11 is 6.10.